The molecule has 2 heterocycles. The topological polar surface area (TPSA) is 101 Å². The van der Waals surface area contributed by atoms with Crippen LogP contribution in [-0.2, 0) is 39.0 Å². The minimum absolute atomic E-state index is 0.111. The Morgan fingerprint density at radius 3 is 2.50 bits per heavy atom. The van der Waals surface area contributed by atoms with Gasteiger partial charge in [0.2, 0.25) is 10.0 Å². The predicted octanol–water partition coefficient (Wildman–Crippen LogP) is 3.58. The number of carbonyl (C=O) groups is 1. The first-order chi connectivity index (χ1) is 16.0. The first-order valence-electron chi connectivity index (χ1n) is 11.7. The van der Waals surface area contributed by atoms with Crippen LogP contribution < -0.4 is 0 Å². The molecule has 2 aliphatic rings. The number of aromatic nitrogens is 1. The molecule has 0 amide bonds. The molecule has 0 atom stereocenters. The van der Waals surface area contributed by atoms with Crippen molar-refractivity contribution in [3.8, 4) is 0 Å². The molecule has 1 saturated heterocycles. The molecule has 1 aliphatic carbocycles. The summed E-state index contributed by atoms with van der Waals surface area (Å²) < 4.78 is 30.2. The summed E-state index contributed by atoms with van der Waals surface area (Å²) in [6.45, 7) is 7.10. The zero-order chi connectivity index (χ0) is 24.7. The first-order valence-corrected chi connectivity index (χ1v) is 13.1. The number of rotatable bonds is 7. The van der Waals surface area contributed by atoms with Crippen LogP contribution >= 0.6 is 0 Å². The van der Waals surface area contributed by atoms with Gasteiger partial charge in [0, 0.05) is 36.5 Å². The average Bonchev–Trinajstić information content (AvgIpc) is 3.38. The maximum absolute atomic E-state index is 13.4. The van der Waals surface area contributed by atoms with E-state index in [1.165, 1.54) is 7.11 Å². The molecule has 9 heteroatoms. The number of nitrogens with zero attached hydrogens (tertiary/aromatic N) is 3. The summed E-state index contributed by atoms with van der Waals surface area (Å²) in [5.74, 6) is -0.918. The standard InChI is InChI=1S/C25H33N3O5S/c1-17-19(13-18-9-5-6-10-22(18)34(31,32)27-11-7-8-12-27)24-20(26-33-4)14-25(2,3)15-21(24)28(17)16-23(29)30/h5-6,9-10H,7-8,11-16H2,1-4H3,(H,29,30)/b26-20+. The van der Waals surface area contributed by atoms with E-state index in [2.05, 4.69) is 19.0 Å². The molecule has 1 N–H and O–H groups in total. The molecule has 4 rings (SSSR count). The molecule has 0 unspecified atom stereocenters. The number of aliphatic carboxylic acids is 1. The third kappa shape index (κ3) is 4.51. The summed E-state index contributed by atoms with van der Waals surface area (Å²) in [6.07, 6.45) is 3.50. The summed E-state index contributed by atoms with van der Waals surface area (Å²) in [4.78, 5) is 17.2. The van der Waals surface area contributed by atoms with Crippen molar-refractivity contribution in [3.05, 3.63) is 52.3 Å². The van der Waals surface area contributed by atoms with Gasteiger partial charge in [0.25, 0.3) is 0 Å². The Morgan fingerprint density at radius 2 is 1.85 bits per heavy atom. The third-order valence-corrected chi connectivity index (χ3v) is 8.85. The van der Waals surface area contributed by atoms with Crippen LogP contribution in [0.1, 0.15) is 61.2 Å². The lowest BCUT2D eigenvalue weighted by Gasteiger charge is -2.31. The van der Waals surface area contributed by atoms with Gasteiger partial charge in [-0.1, -0.05) is 37.2 Å². The van der Waals surface area contributed by atoms with Gasteiger partial charge in [0.1, 0.15) is 13.7 Å². The van der Waals surface area contributed by atoms with Crippen LogP contribution in [0.2, 0.25) is 0 Å². The fourth-order valence-electron chi connectivity index (χ4n) is 5.35. The number of fused-ring (bicyclic) bond motifs is 1. The fourth-order valence-corrected chi connectivity index (χ4v) is 7.09. The number of carboxylic acids is 1. The highest BCUT2D eigenvalue weighted by Crippen LogP contribution is 2.40. The molecular weight excluding hydrogens is 454 g/mol. The minimum Gasteiger partial charge on any atom is -0.480 e. The Balaban J connectivity index is 1.87. The highest BCUT2D eigenvalue weighted by atomic mass is 32.2. The Hall–Kier alpha value is -2.65. The molecular formula is C25H33N3O5S. The van der Waals surface area contributed by atoms with E-state index < -0.39 is 16.0 Å². The highest BCUT2D eigenvalue weighted by Gasteiger charge is 2.37. The van der Waals surface area contributed by atoms with Gasteiger partial charge in [-0.05, 0) is 55.2 Å². The van der Waals surface area contributed by atoms with Gasteiger partial charge in [-0.2, -0.15) is 4.31 Å². The predicted molar refractivity (Wildman–Crippen MR) is 130 cm³/mol. The zero-order valence-corrected chi connectivity index (χ0v) is 21.1. The molecule has 34 heavy (non-hydrogen) atoms. The Morgan fingerprint density at radius 1 is 1.18 bits per heavy atom. The summed E-state index contributed by atoms with van der Waals surface area (Å²) in [6, 6.07) is 7.13. The molecule has 1 aromatic heterocycles. The van der Waals surface area contributed by atoms with E-state index in [0.29, 0.717) is 42.8 Å². The number of oxime groups is 1. The van der Waals surface area contributed by atoms with E-state index in [4.69, 9.17) is 4.84 Å². The largest absolute Gasteiger partial charge is 0.480 e. The van der Waals surface area contributed by atoms with Crippen molar-refractivity contribution in [1.82, 2.24) is 8.87 Å². The van der Waals surface area contributed by atoms with Crippen molar-refractivity contribution in [1.29, 1.82) is 0 Å². The molecule has 8 nitrogen and oxygen atoms in total. The Kier molecular flexibility index (Phi) is 6.61. The van der Waals surface area contributed by atoms with Gasteiger partial charge in [-0.15, -0.1) is 0 Å². The van der Waals surface area contributed by atoms with E-state index in [0.717, 1.165) is 41.1 Å². The summed E-state index contributed by atoms with van der Waals surface area (Å²) in [5, 5.41) is 13.9. The molecule has 2 aromatic rings. The molecule has 0 bridgehead atoms. The highest BCUT2D eigenvalue weighted by molar-refractivity contribution is 7.89. The van der Waals surface area contributed by atoms with Gasteiger partial charge in [0.15, 0.2) is 0 Å². The molecule has 0 radical (unpaired) electrons. The van der Waals surface area contributed by atoms with E-state index in [9.17, 15) is 18.3 Å². The van der Waals surface area contributed by atoms with E-state index in [1.54, 1.807) is 16.4 Å². The lowest BCUT2D eigenvalue weighted by Crippen LogP contribution is -2.30. The van der Waals surface area contributed by atoms with Gasteiger partial charge >= 0.3 is 5.97 Å². The van der Waals surface area contributed by atoms with Crippen molar-refractivity contribution in [3.63, 3.8) is 0 Å². The molecule has 184 valence electrons. The second-order valence-electron chi connectivity index (χ2n) is 10.00. The summed E-state index contributed by atoms with van der Waals surface area (Å²) in [5.41, 5.74) is 4.91. The number of benzene rings is 1. The molecule has 1 aliphatic heterocycles. The third-order valence-electron chi connectivity index (χ3n) is 6.86. The lowest BCUT2D eigenvalue weighted by atomic mass is 9.74. The molecule has 0 spiro atoms. The fraction of sp³-hybridized carbons (Fsp3) is 0.520. The van der Waals surface area contributed by atoms with Crippen molar-refractivity contribution < 1.29 is 23.2 Å². The number of hydrogen-bond acceptors (Lipinski definition) is 5. The van der Waals surface area contributed by atoms with Crippen LogP contribution in [0.3, 0.4) is 0 Å². The zero-order valence-electron chi connectivity index (χ0n) is 20.3. The van der Waals surface area contributed by atoms with Crippen LogP contribution in [0.25, 0.3) is 0 Å². The number of carboxylic acid groups (broad SMARTS) is 1. The summed E-state index contributed by atoms with van der Waals surface area (Å²) in [7, 11) is -2.09. The second-order valence-corrected chi connectivity index (χ2v) is 11.9. The monoisotopic (exact) mass is 487 g/mol. The van der Waals surface area contributed by atoms with Gasteiger partial charge < -0.3 is 14.5 Å². The second kappa shape index (κ2) is 9.19. The van der Waals surface area contributed by atoms with Crippen LogP contribution in [-0.4, -0.2) is 54.3 Å². The van der Waals surface area contributed by atoms with Crippen molar-refractivity contribution in [2.24, 2.45) is 10.6 Å². The lowest BCUT2D eigenvalue weighted by molar-refractivity contribution is -0.137. The number of sulfonamides is 1. The first kappa shape index (κ1) is 24.5. The van der Waals surface area contributed by atoms with Crippen LogP contribution in [0.4, 0.5) is 0 Å². The van der Waals surface area contributed by atoms with Gasteiger partial charge in [-0.25, -0.2) is 8.42 Å². The average molecular weight is 488 g/mol. The van der Waals surface area contributed by atoms with E-state index in [-0.39, 0.29) is 12.0 Å². The maximum atomic E-state index is 13.4. The minimum atomic E-state index is -3.60. The molecule has 0 saturated carbocycles. The Labute approximate surface area is 201 Å². The van der Waals surface area contributed by atoms with Crippen LogP contribution in [0, 0.1) is 12.3 Å². The number of hydrogen-bond donors (Lipinski definition) is 1. The molecule has 1 fully saturated rings. The normalized spacial score (nSPS) is 19.4. The summed E-state index contributed by atoms with van der Waals surface area (Å²) >= 11 is 0. The Bertz CT molecular complexity index is 1240. The van der Waals surface area contributed by atoms with Crippen molar-refractivity contribution >= 4 is 21.7 Å². The molecule has 1 aromatic carbocycles. The van der Waals surface area contributed by atoms with Crippen LogP contribution in [0.15, 0.2) is 34.3 Å². The van der Waals surface area contributed by atoms with Gasteiger partial charge in [-0.3, -0.25) is 4.79 Å². The van der Waals surface area contributed by atoms with E-state index in [1.807, 2.05) is 23.6 Å². The van der Waals surface area contributed by atoms with Crippen LogP contribution in [0.5, 0.6) is 0 Å². The SMILES string of the molecule is CO/N=C1\CC(C)(C)Cc2c1c(Cc1ccccc1S(=O)(=O)N1CCCC1)c(C)n2CC(=O)O. The quantitative estimate of drug-likeness (QED) is 0.602. The van der Waals surface area contributed by atoms with Crippen molar-refractivity contribution in [2.45, 2.75) is 64.3 Å². The van der Waals surface area contributed by atoms with Gasteiger partial charge in [0.05, 0.1) is 10.6 Å². The van der Waals surface area contributed by atoms with Crippen molar-refractivity contribution in [2.75, 3.05) is 20.2 Å². The smallest absolute Gasteiger partial charge is 0.323 e. The maximum Gasteiger partial charge on any atom is 0.323 e. The van der Waals surface area contributed by atoms with E-state index >= 15 is 0 Å².